The minimum absolute atomic E-state index is 0.793. The standard InChI is InChI=1S/C15H18N2OS/c1-18-12-6-7-14-13(10-12)16-15(19)17(14)9-8-11-4-2-3-5-11/h4,6-7,10H,2-3,5,8-9H2,1H3,(H,16,19). The molecule has 1 aliphatic carbocycles. The fourth-order valence-corrected chi connectivity index (χ4v) is 3.01. The van der Waals surface area contributed by atoms with Crippen LogP contribution in [0.2, 0.25) is 0 Å². The Balaban J connectivity index is 1.89. The SMILES string of the molecule is COc1ccc2c(c1)[nH]c(=S)n2CCC1=CCCC1. The minimum Gasteiger partial charge on any atom is -0.497 e. The van der Waals surface area contributed by atoms with Crippen molar-refractivity contribution < 1.29 is 4.74 Å². The van der Waals surface area contributed by atoms with Gasteiger partial charge < -0.3 is 14.3 Å². The van der Waals surface area contributed by atoms with E-state index in [0.29, 0.717) is 0 Å². The second kappa shape index (κ2) is 5.21. The highest BCUT2D eigenvalue weighted by Crippen LogP contribution is 2.24. The molecule has 3 nitrogen and oxygen atoms in total. The molecule has 1 heterocycles. The number of benzene rings is 1. The largest absolute Gasteiger partial charge is 0.497 e. The minimum atomic E-state index is 0.793. The molecule has 19 heavy (non-hydrogen) atoms. The highest BCUT2D eigenvalue weighted by molar-refractivity contribution is 7.71. The summed E-state index contributed by atoms with van der Waals surface area (Å²) in [6.45, 7) is 0.955. The first-order chi connectivity index (χ1) is 9.28. The molecule has 1 N–H and O–H groups in total. The summed E-state index contributed by atoms with van der Waals surface area (Å²) in [7, 11) is 1.68. The van der Waals surface area contributed by atoms with Crippen LogP contribution in [-0.4, -0.2) is 16.7 Å². The van der Waals surface area contributed by atoms with E-state index in [1.807, 2.05) is 12.1 Å². The molecule has 0 atom stereocenters. The van der Waals surface area contributed by atoms with E-state index >= 15 is 0 Å². The quantitative estimate of drug-likeness (QED) is 0.668. The van der Waals surface area contributed by atoms with Gasteiger partial charge in [0.2, 0.25) is 0 Å². The molecule has 0 bridgehead atoms. The summed E-state index contributed by atoms with van der Waals surface area (Å²) in [5.74, 6) is 0.856. The van der Waals surface area contributed by atoms with Gasteiger partial charge in [-0.2, -0.15) is 0 Å². The van der Waals surface area contributed by atoms with Crippen LogP contribution in [0.4, 0.5) is 0 Å². The Morgan fingerprint density at radius 1 is 1.42 bits per heavy atom. The monoisotopic (exact) mass is 274 g/mol. The van der Waals surface area contributed by atoms with Crippen LogP contribution in [0.5, 0.6) is 5.75 Å². The molecule has 0 unspecified atom stereocenters. The van der Waals surface area contributed by atoms with Crippen molar-refractivity contribution in [3.63, 3.8) is 0 Å². The number of aryl methyl sites for hydroxylation is 1. The van der Waals surface area contributed by atoms with E-state index in [-0.39, 0.29) is 0 Å². The Labute approximate surface area is 117 Å². The number of aromatic amines is 1. The third-order valence-electron chi connectivity index (χ3n) is 3.77. The first-order valence-electron chi connectivity index (χ1n) is 6.72. The summed E-state index contributed by atoms with van der Waals surface area (Å²) < 4.78 is 8.22. The van der Waals surface area contributed by atoms with Crippen molar-refractivity contribution >= 4 is 23.3 Å². The smallest absolute Gasteiger partial charge is 0.178 e. The molecule has 0 saturated heterocycles. The van der Waals surface area contributed by atoms with Crippen LogP contribution in [0.3, 0.4) is 0 Å². The van der Waals surface area contributed by atoms with Crippen molar-refractivity contribution in [1.82, 2.24) is 9.55 Å². The first kappa shape index (κ1) is 12.5. The van der Waals surface area contributed by atoms with Gasteiger partial charge in [-0.25, -0.2) is 0 Å². The topological polar surface area (TPSA) is 29.9 Å². The Bertz CT molecular complexity index is 681. The number of imidazole rings is 1. The van der Waals surface area contributed by atoms with Gasteiger partial charge in [-0.05, 0) is 50.0 Å². The molecule has 4 heteroatoms. The van der Waals surface area contributed by atoms with Crippen molar-refractivity contribution in [2.45, 2.75) is 32.2 Å². The average Bonchev–Trinajstić information content (AvgIpc) is 3.02. The molecule has 1 aliphatic rings. The predicted octanol–water partition coefficient (Wildman–Crippen LogP) is 4.21. The van der Waals surface area contributed by atoms with Crippen LogP contribution in [-0.2, 0) is 6.54 Å². The first-order valence-corrected chi connectivity index (χ1v) is 7.13. The number of hydrogen-bond donors (Lipinski definition) is 1. The number of aromatic nitrogens is 2. The molecular weight excluding hydrogens is 256 g/mol. The predicted molar refractivity (Wildman–Crippen MR) is 80.2 cm³/mol. The number of rotatable bonds is 4. The van der Waals surface area contributed by atoms with Gasteiger partial charge in [-0.1, -0.05) is 11.6 Å². The fourth-order valence-electron chi connectivity index (χ4n) is 2.71. The highest BCUT2D eigenvalue weighted by atomic mass is 32.1. The Morgan fingerprint density at radius 3 is 3.05 bits per heavy atom. The number of nitrogens with zero attached hydrogens (tertiary/aromatic N) is 1. The van der Waals surface area contributed by atoms with Gasteiger partial charge in [0, 0.05) is 12.6 Å². The van der Waals surface area contributed by atoms with Gasteiger partial charge in [0.25, 0.3) is 0 Å². The van der Waals surface area contributed by atoms with E-state index in [2.05, 4.69) is 21.7 Å². The lowest BCUT2D eigenvalue weighted by Crippen LogP contribution is -1.98. The lowest BCUT2D eigenvalue weighted by Gasteiger charge is -2.06. The molecule has 0 aliphatic heterocycles. The molecule has 0 fully saturated rings. The normalized spacial score (nSPS) is 14.9. The average molecular weight is 274 g/mol. The van der Waals surface area contributed by atoms with Crippen LogP contribution in [0, 0.1) is 4.77 Å². The van der Waals surface area contributed by atoms with Gasteiger partial charge in [0.15, 0.2) is 4.77 Å². The molecule has 1 aromatic heterocycles. The lowest BCUT2D eigenvalue weighted by atomic mass is 10.1. The summed E-state index contributed by atoms with van der Waals surface area (Å²) >= 11 is 5.42. The second-order valence-corrected chi connectivity index (χ2v) is 5.36. The molecule has 0 saturated carbocycles. The Kier molecular flexibility index (Phi) is 3.42. The van der Waals surface area contributed by atoms with Gasteiger partial charge in [-0.15, -0.1) is 0 Å². The van der Waals surface area contributed by atoms with Crippen LogP contribution >= 0.6 is 12.2 Å². The number of H-pyrrole nitrogens is 1. The fraction of sp³-hybridized carbons (Fsp3) is 0.400. The van der Waals surface area contributed by atoms with Gasteiger partial charge in [0.05, 0.1) is 18.1 Å². The molecule has 3 rings (SSSR count). The Morgan fingerprint density at radius 2 is 2.32 bits per heavy atom. The highest BCUT2D eigenvalue weighted by Gasteiger charge is 2.08. The van der Waals surface area contributed by atoms with Crippen LogP contribution in [0.1, 0.15) is 25.7 Å². The van der Waals surface area contributed by atoms with E-state index in [1.54, 1.807) is 12.7 Å². The van der Waals surface area contributed by atoms with Gasteiger partial charge >= 0.3 is 0 Å². The maximum absolute atomic E-state index is 5.42. The Hall–Kier alpha value is -1.55. The van der Waals surface area contributed by atoms with Gasteiger partial charge in [-0.3, -0.25) is 0 Å². The maximum Gasteiger partial charge on any atom is 0.178 e. The zero-order valence-electron chi connectivity index (χ0n) is 11.1. The summed E-state index contributed by atoms with van der Waals surface area (Å²) in [5.41, 5.74) is 3.78. The molecule has 0 spiro atoms. The third-order valence-corrected chi connectivity index (χ3v) is 4.10. The van der Waals surface area contributed by atoms with Crippen molar-refractivity contribution in [2.24, 2.45) is 0 Å². The zero-order valence-corrected chi connectivity index (χ0v) is 11.9. The number of allylic oxidation sites excluding steroid dienone is 2. The van der Waals surface area contributed by atoms with E-state index in [4.69, 9.17) is 17.0 Å². The zero-order chi connectivity index (χ0) is 13.2. The lowest BCUT2D eigenvalue weighted by molar-refractivity contribution is 0.415. The van der Waals surface area contributed by atoms with Crippen molar-refractivity contribution in [1.29, 1.82) is 0 Å². The van der Waals surface area contributed by atoms with Gasteiger partial charge in [0.1, 0.15) is 5.75 Å². The van der Waals surface area contributed by atoms with Crippen LogP contribution in [0.25, 0.3) is 11.0 Å². The van der Waals surface area contributed by atoms with E-state index in [0.717, 1.165) is 34.5 Å². The van der Waals surface area contributed by atoms with Crippen LogP contribution in [0.15, 0.2) is 29.8 Å². The molecule has 1 aromatic carbocycles. The number of methoxy groups -OCH3 is 1. The molecule has 0 amide bonds. The van der Waals surface area contributed by atoms with E-state index in [1.165, 1.54) is 19.3 Å². The summed E-state index contributed by atoms with van der Waals surface area (Å²) in [4.78, 5) is 3.26. The number of ether oxygens (including phenoxy) is 1. The van der Waals surface area contributed by atoms with Crippen molar-refractivity contribution in [3.05, 3.63) is 34.6 Å². The van der Waals surface area contributed by atoms with E-state index < -0.39 is 0 Å². The molecular formula is C15H18N2OS. The number of fused-ring (bicyclic) bond motifs is 1. The number of nitrogens with one attached hydrogen (secondary N) is 1. The third kappa shape index (κ3) is 2.45. The summed E-state index contributed by atoms with van der Waals surface area (Å²) in [6.07, 6.45) is 7.29. The number of hydrogen-bond acceptors (Lipinski definition) is 2. The van der Waals surface area contributed by atoms with E-state index in [9.17, 15) is 0 Å². The van der Waals surface area contributed by atoms with Crippen molar-refractivity contribution in [3.8, 4) is 5.75 Å². The molecule has 2 aromatic rings. The summed E-state index contributed by atoms with van der Waals surface area (Å²) in [6, 6.07) is 6.05. The van der Waals surface area contributed by atoms with Crippen molar-refractivity contribution in [2.75, 3.05) is 7.11 Å². The van der Waals surface area contributed by atoms with Crippen LogP contribution < -0.4 is 4.74 Å². The second-order valence-electron chi connectivity index (χ2n) is 4.97. The summed E-state index contributed by atoms with van der Waals surface area (Å²) in [5, 5.41) is 0. The maximum atomic E-state index is 5.42. The molecule has 0 radical (unpaired) electrons. The molecule has 100 valence electrons.